The molecule has 2 bridgehead atoms. The number of methoxy groups -OCH3 is 1. The fraction of sp³-hybridized carbons (Fsp3) is 0.900. The first kappa shape index (κ1) is 9.93. The standard InChI is InChI=1S/C10H17NO3/c1-14-9-4-7-2-3-8(5-9)11(7)10(13)6-12/h7-9,12H,2-6H2,1H3. The summed E-state index contributed by atoms with van der Waals surface area (Å²) in [6.45, 7) is -0.356. The van der Waals surface area contributed by atoms with Gasteiger partial charge in [0.1, 0.15) is 6.61 Å². The van der Waals surface area contributed by atoms with E-state index in [0.717, 1.165) is 25.7 Å². The highest BCUT2D eigenvalue weighted by molar-refractivity contribution is 5.78. The number of carbonyl (C=O) groups is 1. The average molecular weight is 199 g/mol. The maximum absolute atomic E-state index is 11.5. The number of hydrogen-bond donors (Lipinski definition) is 1. The molecule has 0 aromatic carbocycles. The van der Waals surface area contributed by atoms with Crippen LogP contribution in [0.5, 0.6) is 0 Å². The Labute approximate surface area is 83.8 Å². The molecule has 0 aliphatic carbocycles. The number of carbonyl (C=O) groups excluding carboxylic acids is 1. The first-order chi connectivity index (χ1) is 6.76. The van der Waals surface area contributed by atoms with Crippen LogP contribution in [0.4, 0.5) is 0 Å². The van der Waals surface area contributed by atoms with Crippen LogP contribution in [0.15, 0.2) is 0 Å². The highest BCUT2D eigenvalue weighted by Gasteiger charge is 2.42. The zero-order valence-corrected chi connectivity index (χ0v) is 8.48. The molecule has 2 fully saturated rings. The van der Waals surface area contributed by atoms with Gasteiger partial charge in [0.2, 0.25) is 5.91 Å². The van der Waals surface area contributed by atoms with Crippen molar-refractivity contribution >= 4 is 5.91 Å². The van der Waals surface area contributed by atoms with Gasteiger partial charge in [-0.15, -0.1) is 0 Å². The second-order valence-electron chi connectivity index (χ2n) is 4.17. The Morgan fingerprint density at radius 3 is 2.43 bits per heavy atom. The third-order valence-corrected chi connectivity index (χ3v) is 3.45. The molecule has 2 unspecified atom stereocenters. The minimum Gasteiger partial charge on any atom is -0.387 e. The summed E-state index contributed by atoms with van der Waals surface area (Å²) in [5, 5.41) is 8.85. The predicted octanol–water partition coefficient (Wildman–Crippen LogP) is 0.147. The number of fused-ring (bicyclic) bond motifs is 2. The second kappa shape index (κ2) is 3.87. The summed E-state index contributed by atoms with van der Waals surface area (Å²) in [5.41, 5.74) is 0. The molecular weight excluding hydrogens is 182 g/mol. The molecule has 0 radical (unpaired) electrons. The molecule has 2 aliphatic heterocycles. The van der Waals surface area contributed by atoms with E-state index < -0.39 is 0 Å². The Balaban J connectivity index is 2.06. The fourth-order valence-electron chi connectivity index (χ4n) is 2.81. The number of aliphatic hydroxyl groups excluding tert-OH is 1. The van der Waals surface area contributed by atoms with Crippen molar-refractivity contribution in [2.75, 3.05) is 13.7 Å². The van der Waals surface area contributed by atoms with Crippen molar-refractivity contribution in [3.8, 4) is 0 Å². The third kappa shape index (κ3) is 1.53. The normalized spacial score (nSPS) is 36.1. The maximum atomic E-state index is 11.5. The van der Waals surface area contributed by atoms with E-state index in [-0.39, 0.29) is 12.5 Å². The molecule has 2 saturated heterocycles. The van der Waals surface area contributed by atoms with Gasteiger partial charge in [-0.2, -0.15) is 0 Å². The molecule has 80 valence electrons. The molecule has 1 N–H and O–H groups in total. The van der Waals surface area contributed by atoms with E-state index >= 15 is 0 Å². The Kier molecular flexibility index (Phi) is 2.74. The van der Waals surface area contributed by atoms with Crippen LogP contribution in [-0.2, 0) is 9.53 Å². The number of aliphatic hydroxyl groups is 1. The Morgan fingerprint density at radius 2 is 2.00 bits per heavy atom. The predicted molar refractivity (Wildman–Crippen MR) is 50.8 cm³/mol. The third-order valence-electron chi connectivity index (χ3n) is 3.45. The maximum Gasteiger partial charge on any atom is 0.248 e. The molecule has 0 spiro atoms. The molecular formula is C10H17NO3. The van der Waals surface area contributed by atoms with Crippen LogP contribution in [0, 0.1) is 0 Å². The average Bonchev–Trinajstić information content (AvgIpc) is 2.48. The summed E-state index contributed by atoms with van der Waals surface area (Å²) < 4.78 is 5.33. The van der Waals surface area contributed by atoms with Crippen LogP contribution >= 0.6 is 0 Å². The molecule has 2 atom stereocenters. The van der Waals surface area contributed by atoms with Crippen LogP contribution in [0.2, 0.25) is 0 Å². The van der Waals surface area contributed by atoms with Crippen molar-refractivity contribution in [1.29, 1.82) is 0 Å². The summed E-state index contributed by atoms with van der Waals surface area (Å²) in [7, 11) is 1.73. The van der Waals surface area contributed by atoms with E-state index in [0.29, 0.717) is 18.2 Å². The quantitative estimate of drug-likeness (QED) is 0.688. The number of nitrogens with zero attached hydrogens (tertiary/aromatic N) is 1. The van der Waals surface area contributed by atoms with Gasteiger partial charge in [-0.05, 0) is 25.7 Å². The molecule has 1 amide bonds. The molecule has 4 nitrogen and oxygen atoms in total. The highest BCUT2D eigenvalue weighted by Crippen LogP contribution is 2.36. The second-order valence-corrected chi connectivity index (χ2v) is 4.17. The van der Waals surface area contributed by atoms with Gasteiger partial charge >= 0.3 is 0 Å². The van der Waals surface area contributed by atoms with Gasteiger partial charge in [0.05, 0.1) is 6.10 Å². The van der Waals surface area contributed by atoms with Crippen LogP contribution in [0.25, 0.3) is 0 Å². The first-order valence-electron chi connectivity index (χ1n) is 5.21. The zero-order valence-electron chi connectivity index (χ0n) is 8.48. The van der Waals surface area contributed by atoms with E-state index in [1.807, 2.05) is 4.90 Å². The number of rotatable bonds is 2. The molecule has 0 aromatic heterocycles. The van der Waals surface area contributed by atoms with E-state index in [9.17, 15) is 4.79 Å². The van der Waals surface area contributed by atoms with Crippen LogP contribution in [0.3, 0.4) is 0 Å². The van der Waals surface area contributed by atoms with Crippen molar-refractivity contribution in [3.05, 3.63) is 0 Å². The van der Waals surface area contributed by atoms with Gasteiger partial charge in [-0.25, -0.2) is 0 Å². The molecule has 0 saturated carbocycles. The minimum atomic E-state index is -0.356. The van der Waals surface area contributed by atoms with E-state index in [1.54, 1.807) is 7.11 Å². The number of hydrogen-bond acceptors (Lipinski definition) is 3. The SMILES string of the molecule is COC1CC2CCC(C1)N2C(=O)CO. The molecule has 2 heterocycles. The molecule has 2 aliphatic rings. The largest absolute Gasteiger partial charge is 0.387 e. The van der Waals surface area contributed by atoms with Crippen molar-refractivity contribution in [2.45, 2.75) is 43.9 Å². The van der Waals surface area contributed by atoms with Crippen LogP contribution in [0.1, 0.15) is 25.7 Å². The van der Waals surface area contributed by atoms with Gasteiger partial charge in [0.15, 0.2) is 0 Å². The van der Waals surface area contributed by atoms with Crippen LogP contribution < -0.4 is 0 Å². The van der Waals surface area contributed by atoms with Gasteiger partial charge in [0, 0.05) is 19.2 Å². The summed E-state index contributed by atoms with van der Waals surface area (Å²) in [5.74, 6) is -0.118. The van der Waals surface area contributed by atoms with Crippen LogP contribution in [-0.4, -0.2) is 47.8 Å². The summed E-state index contributed by atoms with van der Waals surface area (Å²) >= 11 is 0. The lowest BCUT2D eigenvalue weighted by atomic mass is 10.00. The summed E-state index contributed by atoms with van der Waals surface area (Å²) in [4.78, 5) is 13.3. The van der Waals surface area contributed by atoms with Gasteiger partial charge in [-0.1, -0.05) is 0 Å². The molecule has 4 heteroatoms. The number of ether oxygens (including phenoxy) is 1. The van der Waals surface area contributed by atoms with Gasteiger partial charge < -0.3 is 14.7 Å². The topological polar surface area (TPSA) is 49.8 Å². The lowest BCUT2D eigenvalue weighted by Crippen LogP contribution is -2.49. The van der Waals surface area contributed by atoms with E-state index in [1.165, 1.54) is 0 Å². The van der Waals surface area contributed by atoms with Crippen molar-refractivity contribution in [2.24, 2.45) is 0 Å². The molecule has 2 rings (SSSR count). The lowest BCUT2D eigenvalue weighted by Gasteiger charge is -2.38. The van der Waals surface area contributed by atoms with Gasteiger partial charge in [0.25, 0.3) is 0 Å². The van der Waals surface area contributed by atoms with Crippen molar-refractivity contribution in [3.63, 3.8) is 0 Å². The van der Waals surface area contributed by atoms with Crippen molar-refractivity contribution < 1.29 is 14.6 Å². The monoisotopic (exact) mass is 199 g/mol. The molecule has 14 heavy (non-hydrogen) atoms. The first-order valence-corrected chi connectivity index (χ1v) is 5.21. The number of piperidine rings is 1. The van der Waals surface area contributed by atoms with Gasteiger partial charge in [-0.3, -0.25) is 4.79 Å². The summed E-state index contributed by atoms with van der Waals surface area (Å²) in [6.07, 6.45) is 4.29. The fourth-order valence-corrected chi connectivity index (χ4v) is 2.81. The number of amides is 1. The Morgan fingerprint density at radius 1 is 1.43 bits per heavy atom. The smallest absolute Gasteiger partial charge is 0.248 e. The Bertz CT molecular complexity index is 217. The highest BCUT2D eigenvalue weighted by atomic mass is 16.5. The van der Waals surface area contributed by atoms with Crippen molar-refractivity contribution in [1.82, 2.24) is 4.90 Å². The lowest BCUT2D eigenvalue weighted by molar-refractivity contribution is -0.140. The minimum absolute atomic E-state index is 0.118. The molecule has 0 aromatic rings. The van der Waals surface area contributed by atoms with E-state index in [4.69, 9.17) is 9.84 Å². The summed E-state index contributed by atoms with van der Waals surface area (Å²) in [6, 6.07) is 0.608. The van der Waals surface area contributed by atoms with E-state index in [2.05, 4.69) is 0 Å². The zero-order chi connectivity index (χ0) is 10.1. The Hall–Kier alpha value is -0.610.